The molecule has 24 heavy (non-hydrogen) atoms. The predicted molar refractivity (Wildman–Crippen MR) is 89.1 cm³/mol. The van der Waals surface area contributed by atoms with Crippen molar-refractivity contribution in [2.75, 3.05) is 5.32 Å². The van der Waals surface area contributed by atoms with E-state index in [0.29, 0.717) is 11.3 Å². The molecule has 0 saturated carbocycles. The number of hydrogen-bond donors (Lipinski definition) is 1. The number of rotatable bonds is 2. The molecule has 1 N–H and O–H groups in total. The fourth-order valence-electron chi connectivity index (χ4n) is 2.00. The lowest BCUT2D eigenvalue weighted by atomic mass is 10.2. The third-order valence-corrected chi connectivity index (χ3v) is 3.07. The Bertz CT molecular complexity index is 858. The molecular weight excluding hydrogens is 308 g/mol. The van der Waals surface area contributed by atoms with E-state index in [1.807, 2.05) is 6.07 Å². The van der Waals surface area contributed by atoms with Gasteiger partial charge in [0.05, 0.1) is 5.69 Å². The Morgan fingerprint density at radius 2 is 1.92 bits per heavy atom. The molecule has 0 saturated heterocycles. The third kappa shape index (κ3) is 3.79. The summed E-state index contributed by atoms with van der Waals surface area (Å²) >= 11 is 0. The molecule has 2 rings (SSSR count). The van der Waals surface area contributed by atoms with Gasteiger partial charge in [0.25, 0.3) is 5.56 Å². The lowest BCUT2D eigenvalue weighted by Crippen LogP contribution is -2.31. The van der Waals surface area contributed by atoms with E-state index in [4.69, 9.17) is 4.74 Å². The minimum absolute atomic E-state index is 0.0834. The van der Waals surface area contributed by atoms with Gasteiger partial charge in [-0.3, -0.25) is 10.1 Å². The van der Waals surface area contributed by atoms with Gasteiger partial charge in [-0.15, -0.1) is 5.10 Å². The topological polar surface area (TPSA) is 97.0 Å². The second-order valence-corrected chi connectivity index (χ2v) is 6.14. The summed E-state index contributed by atoms with van der Waals surface area (Å²) in [4.78, 5) is 24.4. The number of para-hydroxylation sites is 1. The molecule has 1 aromatic carbocycles. The quantitative estimate of drug-likeness (QED) is 0.915. The summed E-state index contributed by atoms with van der Waals surface area (Å²) in [5, 5.41) is 15.9. The number of carbonyl (C=O) groups excluding carboxylic acids is 1. The Morgan fingerprint density at radius 3 is 2.46 bits per heavy atom. The molecule has 2 aromatic rings. The fraction of sp³-hybridized carbons (Fsp3) is 0.294. The second-order valence-electron chi connectivity index (χ2n) is 6.14. The zero-order valence-corrected chi connectivity index (χ0v) is 14.0. The molecule has 1 aromatic heterocycles. The van der Waals surface area contributed by atoms with Crippen LogP contribution >= 0.6 is 0 Å². The summed E-state index contributed by atoms with van der Waals surface area (Å²) in [7, 11) is 0. The number of nitrogens with one attached hydrogen (secondary N) is 1. The molecular formula is C17H18N4O3. The van der Waals surface area contributed by atoms with Crippen molar-refractivity contribution in [3.05, 3.63) is 51.8 Å². The number of hydrogen-bond acceptors (Lipinski definition) is 5. The van der Waals surface area contributed by atoms with E-state index in [1.54, 1.807) is 58.0 Å². The average Bonchev–Trinajstić information content (AvgIpc) is 2.49. The third-order valence-electron chi connectivity index (χ3n) is 3.07. The molecule has 0 spiro atoms. The molecule has 1 amide bonds. The van der Waals surface area contributed by atoms with E-state index in [2.05, 4.69) is 10.4 Å². The van der Waals surface area contributed by atoms with Crippen LogP contribution < -0.4 is 10.9 Å². The Balaban J connectivity index is 2.52. The summed E-state index contributed by atoms with van der Waals surface area (Å²) in [6.07, 6.45) is -0.708. The standard InChI is InChI=1S/C17H18N4O3/c1-11-13(10-18)15(22)21(12-8-6-5-7-9-12)20-14(11)19-16(23)24-17(2,3)4/h5-9H,1-4H3,(H,19,20,23). The van der Waals surface area contributed by atoms with Gasteiger partial charge in [0.15, 0.2) is 5.82 Å². The van der Waals surface area contributed by atoms with Crippen LogP contribution in [0.15, 0.2) is 35.1 Å². The zero-order valence-electron chi connectivity index (χ0n) is 14.0. The monoisotopic (exact) mass is 326 g/mol. The maximum atomic E-state index is 12.4. The number of benzene rings is 1. The second kappa shape index (κ2) is 6.54. The van der Waals surface area contributed by atoms with Crippen LogP contribution in [0.1, 0.15) is 31.9 Å². The van der Waals surface area contributed by atoms with Crippen molar-refractivity contribution in [1.29, 1.82) is 5.26 Å². The fourth-order valence-corrected chi connectivity index (χ4v) is 2.00. The van der Waals surface area contributed by atoms with Crippen molar-refractivity contribution >= 4 is 11.9 Å². The lowest BCUT2D eigenvalue weighted by molar-refractivity contribution is 0.0635. The molecule has 0 bridgehead atoms. The van der Waals surface area contributed by atoms with Gasteiger partial charge >= 0.3 is 6.09 Å². The van der Waals surface area contributed by atoms with E-state index in [1.165, 1.54) is 0 Å². The SMILES string of the molecule is Cc1c(NC(=O)OC(C)(C)C)nn(-c2ccccc2)c(=O)c1C#N. The summed E-state index contributed by atoms with van der Waals surface area (Å²) in [5.41, 5.74) is -0.521. The Kier molecular flexibility index (Phi) is 4.69. The molecule has 0 aliphatic heterocycles. The molecule has 0 aliphatic rings. The molecule has 0 aliphatic carbocycles. The van der Waals surface area contributed by atoms with E-state index in [9.17, 15) is 14.9 Å². The maximum absolute atomic E-state index is 12.4. The number of aromatic nitrogens is 2. The van der Waals surface area contributed by atoms with Crippen LogP contribution in [-0.4, -0.2) is 21.5 Å². The van der Waals surface area contributed by atoms with Gasteiger partial charge in [-0.05, 0) is 39.8 Å². The first kappa shape index (κ1) is 17.2. The molecule has 0 fully saturated rings. The highest BCUT2D eigenvalue weighted by molar-refractivity contribution is 5.84. The molecule has 7 nitrogen and oxygen atoms in total. The van der Waals surface area contributed by atoms with Crippen LogP contribution in [0.3, 0.4) is 0 Å². The smallest absolute Gasteiger partial charge is 0.413 e. The number of anilines is 1. The van der Waals surface area contributed by atoms with E-state index in [-0.39, 0.29) is 11.4 Å². The zero-order chi connectivity index (χ0) is 17.9. The summed E-state index contributed by atoms with van der Waals surface area (Å²) in [5.74, 6) is 0.101. The minimum Gasteiger partial charge on any atom is -0.444 e. The molecule has 124 valence electrons. The summed E-state index contributed by atoms with van der Waals surface area (Å²) in [6, 6.07) is 10.5. The van der Waals surface area contributed by atoms with Gasteiger partial charge in [0.2, 0.25) is 0 Å². The molecule has 7 heteroatoms. The Morgan fingerprint density at radius 1 is 1.29 bits per heavy atom. The molecule has 0 atom stereocenters. The maximum Gasteiger partial charge on any atom is 0.413 e. The first-order valence-corrected chi connectivity index (χ1v) is 7.32. The highest BCUT2D eigenvalue weighted by Gasteiger charge is 2.20. The average molecular weight is 326 g/mol. The Labute approximate surface area is 139 Å². The first-order valence-electron chi connectivity index (χ1n) is 7.32. The predicted octanol–water partition coefficient (Wildman–Crippen LogP) is 2.76. The van der Waals surface area contributed by atoms with Gasteiger partial charge < -0.3 is 4.74 Å². The highest BCUT2D eigenvalue weighted by atomic mass is 16.6. The van der Waals surface area contributed by atoms with Gasteiger partial charge in [-0.1, -0.05) is 18.2 Å². The van der Waals surface area contributed by atoms with E-state index >= 15 is 0 Å². The van der Waals surface area contributed by atoms with Crippen LogP contribution in [0.4, 0.5) is 10.6 Å². The van der Waals surface area contributed by atoms with Crippen molar-refractivity contribution in [3.63, 3.8) is 0 Å². The van der Waals surface area contributed by atoms with Gasteiger partial charge in [-0.2, -0.15) is 9.94 Å². The van der Waals surface area contributed by atoms with Gasteiger partial charge in [-0.25, -0.2) is 4.79 Å². The van der Waals surface area contributed by atoms with Crippen LogP contribution in [0, 0.1) is 18.3 Å². The van der Waals surface area contributed by atoms with Crippen LogP contribution in [0.5, 0.6) is 0 Å². The van der Waals surface area contributed by atoms with Crippen LogP contribution in [0.2, 0.25) is 0 Å². The largest absolute Gasteiger partial charge is 0.444 e. The first-order chi connectivity index (χ1) is 11.2. The minimum atomic E-state index is -0.708. The van der Waals surface area contributed by atoms with Gasteiger partial charge in [0.1, 0.15) is 17.2 Å². The van der Waals surface area contributed by atoms with E-state index < -0.39 is 17.3 Å². The van der Waals surface area contributed by atoms with Crippen molar-refractivity contribution in [2.24, 2.45) is 0 Å². The number of carbonyl (C=O) groups is 1. The number of nitrogens with zero attached hydrogens (tertiary/aromatic N) is 3. The van der Waals surface area contributed by atoms with Gasteiger partial charge in [0, 0.05) is 5.56 Å². The van der Waals surface area contributed by atoms with Crippen molar-refractivity contribution < 1.29 is 9.53 Å². The molecule has 1 heterocycles. The number of nitriles is 1. The lowest BCUT2D eigenvalue weighted by Gasteiger charge is -2.20. The Hall–Kier alpha value is -3.14. The summed E-state index contributed by atoms with van der Waals surface area (Å²) < 4.78 is 6.27. The molecule has 0 unspecified atom stereocenters. The van der Waals surface area contributed by atoms with E-state index in [0.717, 1.165) is 4.68 Å². The number of amides is 1. The van der Waals surface area contributed by atoms with Crippen LogP contribution in [0.25, 0.3) is 5.69 Å². The van der Waals surface area contributed by atoms with Crippen LogP contribution in [-0.2, 0) is 4.74 Å². The number of ether oxygens (including phenoxy) is 1. The van der Waals surface area contributed by atoms with Crippen molar-refractivity contribution in [1.82, 2.24) is 9.78 Å². The van der Waals surface area contributed by atoms with Crippen molar-refractivity contribution in [2.45, 2.75) is 33.3 Å². The molecule has 0 radical (unpaired) electrons. The van der Waals surface area contributed by atoms with Crippen molar-refractivity contribution in [3.8, 4) is 11.8 Å². The highest BCUT2D eigenvalue weighted by Crippen LogP contribution is 2.16. The normalized spacial score (nSPS) is 10.8. The summed E-state index contributed by atoms with van der Waals surface area (Å²) in [6.45, 7) is 6.75.